The molecule has 1 atom stereocenters. The van der Waals surface area contributed by atoms with Crippen LogP contribution in [0.25, 0.3) is 0 Å². The molecule has 1 aliphatic heterocycles. The van der Waals surface area contributed by atoms with E-state index >= 15 is 0 Å². The lowest BCUT2D eigenvalue weighted by molar-refractivity contribution is -0.127. The number of piperazine rings is 1. The van der Waals surface area contributed by atoms with Gasteiger partial charge in [-0.3, -0.25) is 14.5 Å². The van der Waals surface area contributed by atoms with E-state index < -0.39 is 11.9 Å². The minimum absolute atomic E-state index is 0.175. The van der Waals surface area contributed by atoms with Crippen LogP contribution in [-0.4, -0.2) is 65.9 Å². The lowest BCUT2D eigenvalue weighted by Gasteiger charge is -2.40. The second-order valence-electron chi connectivity index (χ2n) is 8.11. The molecule has 7 nitrogen and oxygen atoms in total. The van der Waals surface area contributed by atoms with Crippen LogP contribution in [0.3, 0.4) is 0 Å². The Hall–Kier alpha value is -3.78. The minimum atomic E-state index is -0.609. The van der Waals surface area contributed by atoms with Crippen LogP contribution < -0.4 is 10.1 Å². The highest BCUT2D eigenvalue weighted by atomic mass is 19.1. The van der Waals surface area contributed by atoms with Crippen molar-refractivity contribution in [1.82, 2.24) is 20.1 Å². The number of halogens is 1. The van der Waals surface area contributed by atoms with Crippen LogP contribution in [0.2, 0.25) is 0 Å². The van der Waals surface area contributed by atoms with E-state index in [4.69, 9.17) is 4.74 Å². The third-order valence-electron chi connectivity index (χ3n) is 5.83. The number of nitrogens with one attached hydrogen (secondary N) is 1. The summed E-state index contributed by atoms with van der Waals surface area (Å²) >= 11 is 0. The van der Waals surface area contributed by atoms with Gasteiger partial charge in [-0.05, 0) is 30.2 Å². The smallest absolute Gasteiger partial charge is 0.254 e. The summed E-state index contributed by atoms with van der Waals surface area (Å²) in [6, 6.07) is 18.4. The van der Waals surface area contributed by atoms with E-state index in [1.165, 1.54) is 36.0 Å². The second-order valence-corrected chi connectivity index (χ2v) is 8.11. The standard InChI is InChI=1S/C26H27FN4O3/c1-28-25(32)23-18-30(13-11-19-6-3-2-4-7-19)14-15-31(23)26(33)20-10-12-29-24(16-20)34-22-9-5-8-21(27)17-22/h2-10,12,16-17,23H,11,13-15,18H2,1H3,(H,28,32). The Morgan fingerprint density at radius 3 is 2.68 bits per heavy atom. The molecule has 3 aromatic rings. The van der Waals surface area contributed by atoms with Crippen molar-refractivity contribution in [2.45, 2.75) is 12.5 Å². The average Bonchev–Trinajstić information content (AvgIpc) is 2.87. The molecular weight excluding hydrogens is 435 g/mol. The molecule has 1 fully saturated rings. The van der Waals surface area contributed by atoms with E-state index in [1.807, 2.05) is 18.2 Å². The molecule has 2 heterocycles. The number of carbonyl (C=O) groups is 2. The monoisotopic (exact) mass is 462 g/mol. The number of carbonyl (C=O) groups excluding carboxylic acids is 2. The summed E-state index contributed by atoms with van der Waals surface area (Å²) in [5, 5.41) is 2.68. The van der Waals surface area contributed by atoms with E-state index in [0.29, 0.717) is 25.2 Å². The van der Waals surface area contributed by atoms with Crippen molar-refractivity contribution >= 4 is 11.8 Å². The molecule has 0 saturated carbocycles. The molecule has 1 N–H and O–H groups in total. The van der Waals surface area contributed by atoms with Gasteiger partial charge >= 0.3 is 0 Å². The summed E-state index contributed by atoms with van der Waals surface area (Å²) in [5.74, 6) is -0.448. The van der Waals surface area contributed by atoms with Gasteiger partial charge in [0.1, 0.15) is 17.6 Å². The Morgan fingerprint density at radius 2 is 1.91 bits per heavy atom. The van der Waals surface area contributed by atoms with Crippen LogP contribution in [-0.2, 0) is 11.2 Å². The van der Waals surface area contributed by atoms with Crippen LogP contribution in [0.5, 0.6) is 11.6 Å². The number of rotatable bonds is 7. The minimum Gasteiger partial charge on any atom is -0.439 e. The van der Waals surface area contributed by atoms with Gasteiger partial charge in [-0.1, -0.05) is 36.4 Å². The maximum atomic E-state index is 13.5. The molecule has 0 aliphatic carbocycles. The molecule has 8 heteroatoms. The molecule has 1 aromatic heterocycles. The molecule has 1 aliphatic rings. The third-order valence-corrected chi connectivity index (χ3v) is 5.83. The van der Waals surface area contributed by atoms with Crippen molar-refractivity contribution in [3.05, 3.63) is 89.9 Å². The van der Waals surface area contributed by atoms with Crippen LogP contribution in [0.1, 0.15) is 15.9 Å². The van der Waals surface area contributed by atoms with Crippen molar-refractivity contribution in [3.8, 4) is 11.6 Å². The fraction of sp³-hybridized carbons (Fsp3) is 0.269. The molecular formula is C26H27FN4O3. The zero-order valence-electron chi connectivity index (χ0n) is 19.0. The van der Waals surface area contributed by atoms with E-state index in [1.54, 1.807) is 24.1 Å². The molecule has 0 spiro atoms. The molecule has 0 radical (unpaired) electrons. The maximum absolute atomic E-state index is 13.5. The van der Waals surface area contributed by atoms with Gasteiger partial charge in [-0.2, -0.15) is 0 Å². The highest BCUT2D eigenvalue weighted by Crippen LogP contribution is 2.22. The molecule has 2 aromatic carbocycles. The SMILES string of the molecule is CNC(=O)C1CN(CCc2ccccc2)CCN1C(=O)c1ccnc(Oc2cccc(F)c2)c1. The highest BCUT2D eigenvalue weighted by molar-refractivity contribution is 5.98. The van der Waals surface area contributed by atoms with E-state index in [-0.39, 0.29) is 23.4 Å². The predicted molar refractivity (Wildman–Crippen MR) is 126 cm³/mol. The number of pyridine rings is 1. The van der Waals surface area contributed by atoms with E-state index in [2.05, 4.69) is 27.3 Å². The van der Waals surface area contributed by atoms with Crippen molar-refractivity contribution in [2.24, 2.45) is 0 Å². The maximum Gasteiger partial charge on any atom is 0.254 e. The van der Waals surface area contributed by atoms with E-state index in [9.17, 15) is 14.0 Å². The summed E-state index contributed by atoms with van der Waals surface area (Å²) < 4.78 is 19.1. The number of nitrogens with zero attached hydrogens (tertiary/aromatic N) is 3. The number of amides is 2. The first-order valence-electron chi connectivity index (χ1n) is 11.2. The summed E-state index contributed by atoms with van der Waals surface area (Å²) in [6.45, 7) is 2.36. The number of hydrogen-bond donors (Lipinski definition) is 1. The molecule has 34 heavy (non-hydrogen) atoms. The fourth-order valence-electron chi connectivity index (χ4n) is 4.02. The van der Waals surface area contributed by atoms with Crippen LogP contribution >= 0.6 is 0 Å². The van der Waals surface area contributed by atoms with Crippen molar-refractivity contribution in [1.29, 1.82) is 0 Å². The Morgan fingerprint density at radius 1 is 1.09 bits per heavy atom. The Bertz CT molecular complexity index is 1140. The Balaban J connectivity index is 1.45. The molecule has 2 amide bonds. The normalized spacial score (nSPS) is 16.2. The highest BCUT2D eigenvalue weighted by Gasteiger charge is 2.35. The molecule has 4 rings (SSSR count). The fourth-order valence-corrected chi connectivity index (χ4v) is 4.02. The number of benzene rings is 2. The summed E-state index contributed by atoms with van der Waals surface area (Å²) in [5.41, 5.74) is 1.59. The van der Waals surface area contributed by atoms with Gasteiger partial charge in [0.15, 0.2) is 0 Å². The number of hydrogen-bond acceptors (Lipinski definition) is 5. The molecule has 1 saturated heterocycles. The lowest BCUT2D eigenvalue weighted by atomic mass is 10.1. The number of ether oxygens (including phenoxy) is 1. The zero-order chi connectivity index (χ0) is 23.9. The largest absolute Gasteiger partial charge is 0.439 e. The van der Waals surface area contributed by atoms with Crippen LogP contribution in [0.4, 0.5) is 4.39 Å². The molecule has 176 valence electrons. The molecule has 0 bridgehead atoms. The lowest BCUT2D eigenvalue weighted by Crippen LogP contribution is -2.60. The predicted octanol–water partition coefficient (Wildman–Crippen LogP) is 3.13. The first-order chi connectivity index (χ1) is 16.5. The first-order valence-corrected chi connectivity index (χ1v) is 11.2. The summed E-state index contributed by atoms with van der Waals surface area (Å²) in [7, 11) is 1.57. The topological polar surface area (TPSA) is 74.8 Å². The quantitative estimate of drug-likeness (QED) is 0.584. The van der Waals surface area contributed by atoms with Crippen molar-refractivity contribution in [3.63, 3.8) is 0 Å². The summed E-state index contributed by atoms with van der Waals surface area (Å²) in [6.07, 6.45) is 2.34. The van der Waals surface area contributed by atoms with Gasteiger partial charge in [-0.25, -0.2) is 9.37 Å². The summed E-state index contributed by atoms with van der Waals surface area (Å²) in [4.78, 5) is 34.0. The van der Waals surface area contributed by atoms with Gasteiger partial charge in [0.05, 0.1) is 0 Å². The van der Waals surface area contributed by atoms with Gasteiger partial charge < -0.3 is 15.0 Å². The van der Waals surface area contributed by atoms with Crippen molar-refractivity contribution in [2.75, 3.05) is 33.2 Å². The van der Waals surface area contributed by atoms with Gasteiger partial charge in [-0.15, -0.1) is 0 Å². The van der Waals surface area contributed by atoms with Gasteiger partial charge in [0, 0.05) is 57.1 Å². The van der Waals surface area contributed by atoms with Gasteiger partial charge in [0.2, 0.25) is 11.8 Å². The molecule has 1 unspecified atom stereocenters. The average molecular weight is 463 g/mol. The van der Waals surface area contributed by atoms with Crippen molar-refractivity contribution < 1.29 is 18.7 Å². The third kappa shape index (κ3) is 5.77. The van der Waals surface area contributed by atoms with Gasteiger partial charge in [0.25, 0.3) is 5.91 Å². The van der Waals surface area contributed by atoms with Crippen LogP contribution in [0.15, 0.2) is 72.9 Å². The first kappa shape index (κ1) is 23.4. The Kier molecular flexibility index (Phi) is 7.49. The number of aromatic nitrogens is 1. The Labute approximate surface area is 198 Å². The second kappa shape index (κ2) is 10.9. The zero-order valence-corrected chi connectivity index (χ0v) is 19.0. The van der Waals surface area contributed by atoms with E-state index in [0.717, 1.165) is 13.0 Å². The van der Waals surface area contributed by atoms with Crippen LogP contribution in [0, 0.1) is 5.82 Å². The number of likely N-dealkylation sites (N-methyl/N-ethyl adjacent to an activating group) is 1.